The zero-order chi connectivity index (χ0) is 29.2. The number of piperazine rings is 1. The summed E-state index contributed by atoms with van der Waals surface area (Å²) >= 11 is 0. The maximum absolute atomic E-state index is 12.5. The van der Waals surface area contributed by atoms with E-state index >= 15 is 0 Å². The number of benzene rings is 2. The van der Waals surface area contributed by atoms with Gasteiger partial charge in [0.15, 0.2) is 5.82 Å². The lowest BCUT2D eigenvalue weighted by molar-refractivity contribution is -0.149. The Kier molecular flexibility index (Phi) is 7.76. The van der Waals surface area contributed by atoms with E-state index in [4.69, 9.17) is 14.2 Å². The highest BCUT2D eigenvalue weighted by Gasteiger charge is 2.35. The third-order valence-electron chi connectivity index (χ3n) is 8.61. The van der Waals surface area contributed by atoms with Crippen molar-refractivity contribution in [2.45, 2.75) is 18.6 Å². The van der Waals surface area contributed by atoms with E-state index in [2.05, 4.69) is 48.3 Å². The molecule has 12 nitrogen and oxygen atoms in total. The molecule has 1 unspecified atom stereocenters. The first-order valence-corrected chi connectivity index (χ1v) is 14.8. The van der Waals surface area contributed by atoms with E-state index in [1.165, 1.54) is 12.0 Å². The topological polar surface area (TPSA) is 129 Å². The first-order chi connectivity index (χ1) is 21.1. The monoisotopic (exact) mass is 582 g/mol. The van der Waals surface area contributed by atoms with Crippen molar-refractivity contribution >= 4 is 23.2 Å². The van der Waals surface area contributed by atoms with Crippen LogP contribution in [0.1, 0.15) is 12.0 Å². The standard InChI is InChI=1S/C31H34N8O4/c32-14-22-13-21(1-6-28(22)43-27-7-8-39(15-27)30(40)23-16-41-17-23)29-33-20-34-31(36-29)35-24-2-4-25(5-3-24)37-9-11-38(12-10-37)26-18-42-19-26/h1-6,13,20,23,26-27H,7-12,15-19H2,(H,33,34,35,36). The molecular formula is C31H34N8O4. The van der Waals surface area contributed by atoms with Gasteiger partial charge in [-0.2, -0.15) is 10.2 Å². The van der Waals surface area contributed by atoms with Gasteiger partial charge in [-0.05, 0) is 42.5 Å². The summed E-state index contributed by atoms with van der Waals surface area (Å²) in [6.07, 6.45) is 2.02. The summed E-state index contributed by atoms with van der Waals surface area (Å²) in [6.45, 7) is 7.99. The lowest BCUT2D eigenvalue weighted by Gasteiger charge is -2.43. The third-order valence-corrected chi connectivity index (χ3v) is 8.61. The van der Waals surface area contributed by atoms with Crippen LogP contribution in [0.15, 0.2) is 48.8 Å². The third kappa shape index (κ3) is 5.97. The maximum Gasteiger partial charge on any atom is 0.230 e. The number of hydrogen-bond acceptors (Lipinski definition) is 11. The maximum atomic E-state index is 12.5. The molecule has 0 aliphatic carbocycles. The number of nitrogens with one attached hydrogen (secondary N) is 1. The summed E-state index contributed by atoms with van der Waals surface area (Å²) in [6, 6.07) is 16.4. The van der Waals surface area contributed by atoms with Crippen molar-refractivity contribution in [3.8, 4) is 23.2 Å². The van der Waals surface area contributed by atoms with Crippen LogP contribution in [0.4, 0.5) is 17.3 Å². The summed E-state index contributed by atoms with van der Waals surface area (Å²) < 4.78 is 16.7. The number of carbonyl (C=O) groups is 1. The van der Waals surface area contributed by atoms with Gasteiger partial charge < -0.3 is 29.3 Å². The first-order valence-electron chi connectivity index (χ1n) is 14.8. The average Bonchev–Trinajstić information content (AvgIpc) is 3.45. The molecule has 7 rings (SSSR count). The number of likely N-dealkylation sites (tertiary alicyclic amines) is 1. The molecule has 0 spiro atoms. The van der Waals surface area contributed by atoms with Crippen LogP contribution in [0, 0.1) is 17.2 Å². The minimum atomic E-state index is -0.158. The minimum Gasteiger partial charge on any atom is -0.487 e. The van der Waals surface area contributed by atoms with Gasteiger partial charge >= 0.3 is 0 Å². The number of rotatable bonds is 8. The Morgan fingerprint density at radius 3 is 2.47 bits per heavy atom. The predicted molar refractivity (Wildman–Crippen MR) is 158 cm³/mol. The van der Waals surface area contributed by atoms with Crippen molar-refractivity contribution in [1.29, 1.82) is 5.26 Å². The minimum absolute atomic E-state index is 0.0362. The molecule has 2 aromatic carbocycles. The van der Waals surface area contributed by atoms with E-state index in [9.17, 15) is 10.1 Å². The molecule has 222 valence electrons. The van der Waals surface area contributed by atoms with E-state index in [0.717, 1.165) is 51.5 Å². The van der Waals surface area contributed by atoms with Crippen molar-refractivity contribution in [3.63, 3.8) is 0 Å². The van der Waals surface area contributed by atoms with Crippen molar-refractivity contribution in [2.75, 3.05) is 75.9 Å². The lowest BCUT2D eigenvalue weighted by atomic mass is 10.1. The van der Waals surface area contributed by atoms with Crippen LogP contribution in [-0.2, 0) is 14.3 Å². The SMILES string of the molecule is N#Cc1cc(-c2ncnc(Nc3ccc(N4CCN(C5COC5)CC4)cc3)n2)ccc1OC1CCN(C(=O)C2COC2)C1. The molecule has 1 amide bonds. The smallest absolute Gasteiger partial charge is 0.230 e. The fourth-order valence-corrected chi connectivity index (χ4v) is 5.86. The van der Waals surface area contributed by atoms with Gasteiger partial charge in [-0.25, -0.2) is 9.97 Å². The highest BCUT2D eigenvalue weighted by atomic mass is 16.5. The highest BCUT2D eigenvalue weighted by Crippen LogP contribution is 2.29. The van der Waals surface area contributed by atoms with Crippen LogP contribution in [0.3, 0.4) is 0 Å². The molecule has 5 heterocycles. The normalized spacial score (nSPS) is 21.1. The Morgan fingerprint density at radius 1 is 0.977 bits per heavy atom. The second kappa shape index (κ2) is 12.1. The van der Waals surface area contributed by atoms with Gasteiger partial charge in [0.25, 0.3) is 0 Å². The van der Waals surface area contributed by atoms with E-state index in [1.54, 1.807) is 12.1 Å². The van der Waals surface area contributed by atoms with Gasteiger partial charge in [0, 0.05) is 56.1 Å². The number of nitriles is 1. The van der Waals surface area contributed by atoms with Crippen molar-refractivity contribution in [1.82, 2.24) is 24.8 Å². The fraction of sp³-hybridized carbons (Fsp3) is 0.452. The number of aromatic nitrogens is 3. The Bertz CT molecular complexity index is 1500. The molecule has 43 heavy (non-hydrogen) atoms. The van der Waals surface area contributed by atoms with Crippen molar-refractivity contribution < 1.29 is 19.0 Å². The van der Waals surface area contributed by atoms with Crippen LogP contribution < -0.4 is 15.0 Å². The fourth-order valence-electron chi connectivity index (χ4n) is 5.86. The summed E-state index contributed by atoms with van der Waals surface area (Å²) in [5, 5.41) is 13.1. The number of nitrogens with zero attached hydrogens (tertiary/aromatic N) is 7. The van der Waals surface area contributed by atoms with Gasteiger partial charge in [-0.3, -0.25) is 9.69 Å². The Hall–Kier alpha value is -4.31. The van der Waals surface area contributed by atoms with E-state index < -0.39 is 0 Å². The average molecular weight is 583 g/mol. The highest BCUT2D eigenvalue weighted by molar-refractivity contribution is 5.80. The van der Waals surface area contributed by atoms with Gasteiger partial charge in [-0.1, -0.05) is 0 Å². The largest absolute Gasteiger partial charge is 0.487 e. The van der Waals surface area contributed by atoms with E-state index in [0.29, 0.717) is 61.0 Å². The quantitative estimate of drug-likeness (QED) is 0.420. The van der Waals surface area contributed by atoms with E-state index in [-0.39, 0.29) is 17.9 Å². The molecule has 4 fully saturated rings. The van der Waals surface area contributed by atoms with Crippen LogP contribution in [0.5, 0.6) is 5.75 Å². The molecule has 1 atom stereocenters. The Labute approximate surface area is 250 Å². The molecular weight excluding hydrogens is 548 g/mol. The first kappa shape index (κ1) is 27.5. The number of carbonyl (C=O) groups excluding carboxylic acids is 1. The molecule has 3 aromatic rings. The lowest BCUT2D eigenvalue weighted by Crippen LogP contribution is -2.56. The van der Waals surface area contributed by atoms with Crippen LogP contribution in [0.25, 0.3) is 11.4 Å². The number of ether oxygens (including phenoxy) is 3. The molecule has 4 aliphatic rings. The zero-order valence-electron chi connectivity index (χ0n) is 23.9. The summed E-state index contributed by atoms with van der Waals surface area (Å²) in [5.74, 6) is 1.44. The van der Waals surface area contributed by atoms with Crippen molar-refractivity contribution in [2.24, 2.45) is 5.92 Å². The molecule has 0 bridgehead atoms. The molecule has 4 saturated heterocycles. The van der Waals surface area contributed by atoms with E-state index in [1.807, 2.05) is 23.1 Å². The second-order valence-corrected chi connectivity index (χ2v) is 11.4. The summed E-state index contributed by atoms with van der Waals surface area (Å²) in [7, 11) is 0. The summed E-state index contributed by atoms with van der Waals surface area (Å²) in [5.41, 5.74) is 3.15. The molecule has 12 heteroatoms. The number of amides is 1. The number of hydrogen-bond donors (Lipinski definition) is 1. The van der Waals surface area contributed by atoms with Crippen LogP contribution in [0.2, 0.25) is 0 Å². The van der Waals surface area contributed by atoms with Gasteiger partial charge in [0.2, 0.25) is 11.9 Å². The Morgan fingerprint density at radius 2 is 1.77 bits per heavy atom. The van der Waals surface area contributed by atoms with Gasteiger partial charge in [0.1, 0.15) is 24.3 Å². The van der Waals surface area contributed by atoms with Gasteiger partial charge in [0.05, 0.1) is 50.5 Å². The zero-order valence-corrected chi connectivity index (χ0v) is 23.9. The second-order valence-electron chi connectivity index (χ2n) is 11.4. The molecule has 0 saturated carbocycles. The molecule has 4 aliphatic heterocycles. The van der Waals surface area contributed by atoms with Gasteiger partial charge in [-0.15, -0.1) is 0 Å². The van der Waals surface area contributed by atoms with Crippen LogP contribution >= 0.6 is 0 Å². The molecule has 1 aromatic heterocycles. The predicted octanol–water partition coefficient (Wildman–Crippen LogP) is 2.30. The Balaban J connectivity index is 0.968. The number of anilines is 3. The van der Waals surface area contributed by atoms with Crippen molar-refractivity contribution in [3.05, 3.63) is 54.4 Å². The van der Waals surface area contributed by atoms with Crippen LogP contribution in [-0.4, -0.2) is 109 Å². The summed E-state index contributed by atoms with van der Waals surface area (Å²) in [4.78, 5) is 32.5. The molecule has 1 N–H and O–H groups in total. The molecule has 0 radical (unpaired) electrons.